The normalized spacial score (nSPS) is 18.6. The van der Waals surface area contributed by atoms with Crippen molar-refractivity contribution in [3.05, 3.63) is 41.0 Å². The number of nitrogens with one attached hydrogen (secondary N) is 1. The van der Waals surface area contributed by atoms with Crippen LogP contribution >= 0.6 is 11.6 Å². The summed E-state index contributed by atoms with van der Waals surface area (Å²) in [5.41, 5.74) is 2.42. The van der Waals surface area contributed by atoms with Gasteiger partial charge in [0.1, 0.15) is 5.82 Å². The molecular formula is C21H28ClN5O. The molecule has 0 bridgehead atoms. The van der Waals surface area contributed by atoms with Crippen molar-refractivity contribution < 1.29 is 4.79 Å². The van der Waals surface area contributed by atoms with Crippen LogP contribution in [0, 0.1) is 6.92 Å². The second kappa shape index (κ2) is 8.53. The molecular weight excluding hydrogens is 374 g/mol. The molecule has 1 aliphatic carbocycles. The van der Waals surface area contributed by atoms with Crippen molar-refractivity contribution in [3.8, 4) is 0 Å². The van der Waals surface area contributed by atoms with Crippen molar-refractivity contribution in [2.45, 2.75) is 38.6 Å². The summed E-state index contributed by atoms with van der Waals surface area (Å²) in [5, 5.41) is 8.26. The summed E-state index contributed by atoms with van der Waals surface area (Å²) in [6, 6.07) is 8.34. The Morgan fingerprint density at radius 1 is 1.18 bits per heavy atom. The second-order valence-corrected chi connectivity index (χ2v) is 8.28. The van der Waals surface area contributed by atoms with Crippen LogP contribution in [-0.4, -0.2) is 53.3 Å². The number of piperazine rings is 1. The molecule has 2 aliphatic rings. The Labute approximate surface area is 171 Å². The van der Waals surface area contributed by atoms with Crippen LogP contribution < -0.4 is 10.2 Å². The first-order valence-corrected chi connectivity index (χ1v) is 10.5. The number of hydrogen-bond acceptors (Lipinski definition) is 4. The lowest BCUT2D eigenvalue weighted by molar-refractivity contribution is -0.117. The molecule has 4 rings (SSSR count). The zero-order valence-corrected chi connectivity index (χ0v) is 17.2. The number of aromatic nitrogens is 2. The lowest BCUT2D eigenvalue weighted by Gasteiger charge is -2.36. The Morgan fingerprint density at radius 3 is 2.68 bits per heavy atom. The molecule has 1 saturated carbocycles. The van der Waals surface area contributed by atoms with Gasteiger partial charge in [0, 0.05) is 43.0 Å². The maximum atomic E-state index is 12.6. The average Bonchev–Trinajstić information content (AvgIpc) is 3.36. The first-order chi connectivity index (χ1) is 13.6. The van der Waals surface area contributed by atoms with Gasteiger partial charge in [0.2, 0.25) is 5.91 Å². The van der Waals surface area contributed by atoms with E-state index in [1.54, 1.807) is 6.20 Å². The van der Waals surface area contributed by atoms with Crippen molar-refractivity contribution in [2.75, 3.05) is 42.9 Å². The molecule has 28 heavy (non-hydrogen) atoms. The Bertz CT molecular complexity index is 822. The van der Waals surface area contributed by atoms with Gasteiger partial charge in [0.25, 0.3) is 0 Å². The van der Waals surface area contributed by atoms with E-state index in [0.717, 1.165) is 49.9 Å². The lowest BCUT2D eigenvalue weighted by Crippen LogP contribution is -2.49. The minimum atomic E-state index is 0.0344. The SMILES string of the molecule is Cc1ccc(Cl)cc1N1CCN(CC(=O)Nc2ccnn2C2CCCC2)CC1. The molecule has 0 unspecified atom stereocenters. The smallest absolute Gasteiger partial charge is 0.239 e. The van der Waals surface area contributed by atoms with Gasteiger partial charge in [-0.25, -0.2) is 4.68 Å². The van der Waals surface area contributed by atoms with E-state index in [1.807, 2.05) is 22.9 Å². The van der Waals surface area contributed by atoms with E-state index in [2.05, 4.69) is 33.2 Å². The van der Waals surface area contributed by atoms with E-state index in [1.165, 1.54) is 24.1 Å². The van der Waals surface area contributed by atoms with Crippen molar-refractivity contribution in [1.29, 1.82) is 0 Å². The number of carbonyl (C=O) groups is 1. The fourth-order valence-electron chi connectivity index (χ4n) is 4.31. The maximum Gasteiger partial charge on any atom is 0.239 e. The molecule has 1 aliphatic heterocycles. The van der Waals surface area contributed by atoms with Crippen molar-refractivity contribution in [2.24, 2.45) is 0 Å². The monoisotopic (exact) mass is 401 g/mol. The molecule has 1 amide bonds. The van der Waals surface area contributed by atoms with Crippen LogP contribution in [0.15, 0.2) is 30.5 Å². The van der Waals surface area contributed by atoms with Gasteiger partial charge in [-0.05, 0) is 37.5 Å². The number of hydrogen-bond donors (Lipinski definition) is 1. The minimum Gasteiger partial charge on any atom is -0.369 e. The van der Waals surface area contributed by atoms with Gasteiger partial charge in [0.15, 0.2) is 0 Å². The number of aryl methyl sites for hydroxylation is 1. The van der Waals surface area contributed by atoms with E-state index in [9.17, 15) is 4.79 Å². The third kappa shape index (κ3) is 4.33. The zero-order chi connectivity index (χ0) is 19.5. The van der Waals surface area contributed by atoms with Crippen LogP contribution in [0.3, 0.4) is 0 Å². The Kier molecular flexibility index (Phi) is 5.87. The zero-order valence-electron chi connectivity index (χ0n) is 16.4. The van der Waals surface area contributed by atoms with E-state index in [-0.39, 0.29) is 5.91 Å². The molecule has 1 aromatic heterocycles. The van der Waals surface area contributed by atoms with Gasteiger partial charge in [-0.15, -0.1) is 0 Å². The predicted octanol–water partition coefficient (Wildman–Crippen LogP) is 3.72. The quantitative estimate of drug-likeness (QED) is 0.829. The summed E-state index contributed by atoms with van der Waals surface area (Å²) >= 11 is 6.16. The molecule has 2 aromatic rings. The van der Waals surface area contributed by atoms with E-state index >= 15 is 0 Å². The predicted molar refractivity (Wildman–Crippen MR) is 113 cm³/mol. The topological polar surface area (TPSA) is 53.4 Å². The highest BCUT2D eigenvalue weighted by Crippen LogP contribution is 2.31. The summed E-state index contributed by atoms with van der Waals surface area (Å²) in [4.78, 5) is 17.1. The highest BCUT2D eigenvalue weighted by molar-refractivity contribution is 6.30. The van der Waals surface area contributed by atoms with Crippen molar-refractivity contribution in [3.63, 3.8) is 0 Å². The summed E-state index contributed by atoms with van der Waals surface area (Å²) in [7, 11) is 0. The third-order valence-electron chi connectivity index (χ3n) is 5.86. The summed E-state index contributed by atoms with van der Waals surface area (Å²) in [6.07, 6.45) is 6.56. The summed E-state index contributed by atoms with van der Waals surface area (Å²) < 4.78 is 1.99. The van der Waals surface area contributed by atoms with Crippen molar-refractivity contribution in [1.82, 2.24) is 14.7 Å². The van der Waals surface area contributed by atoms with E-state index in [4.69, 9.17) is 11.6 Å². The van der Waals surface area contributed by atoms with Crippen LogP contribution in [0.1, 0.15) is 37.3 Å². The van der Waals surface area contributed by atoms with E-state index < -0.39 is 0 Å². The fourth-order valence-corrected chi connectivity index (χ4v) is 4.48. The molecule has 0 atom stereocenters. The molecule has 2 fully saturated rings. The number of carbonyl (C=O) groups excluding carboxylic acids is 1. The lowest BCUT2D eigenvalue weighted by atomic mass is 10.1. The Morgan fingerprint density at radius 2 is 1.93 bits per heavy atom. The number of nitrogens with zero attached hydrogens (tertiary/aromatic N) is 4. The molecule has 7 heteroatoms. The van der Waals surface area contributed by atoms with Gasteiger partial charge < -0.3 is 10.2 Å². The molecule has 1 saturated heterocycles. The van der Waals surface area contributed by atoms with Gasteiger partial charge in [0.05, 0.1) is 18.8 Å². The van der Waals surface area contributed by atoms with Gasteiger partial charge in [-0.3, -0.25) is 9.69 Å². The number of benzene rings is 1. The fraction of sp³-hybridized carbons (Fsp3) is 0.524. The van der Waals surface area contributed by atoms with Crippen LogP contribution in [-0.2, 0) is 4.79 Å². The van der Waals surface area contributed by atoms with Gasteiger partial charge in [-0.2, -0.15) is 5.10 Å². The highest BCUT2D eigenvalue weighted by Gasteiger charge is 2.23. The number of halogens is 1. The first-order valence-electron chi connectivity index (χ1n) is 10.2. The van der Waals surface area contributed by atoms with Gasteiger partial charge in [-0.1, -0.05) is 30.5 Å². The molecule has 2 heterocycles. The molecule has 150 valence electrons. The number of rotatable bonds is 5. The molecule has 1 aromatic carbocycles. The Hall–Kier alpha value is -2.05. The van der Waals surface area contributed by atoms with E-state index in [0.29, 0.717) is 12.6 Å². The number of amides is 1. The van der Waals surface area contributed by atoms with Gasteiger partial charge >= 0.3 is 0 Å². The summed E-state index contributed by atoms with van der Waals surface area (Å²) in [5.74, 6) is 0.859. The maximum absolute atomic E-state index is 12.6. The minimum absolute atomic E-state index is 0.0344. The molecule has 6 nitrogen and oxygen atoms in total. The van der Waals surface area contributed by atoms with Crippen LogP contribution in [0.5, 0.6) is 0 Å². The molecule has 0 spiro atoms. The van der Waals surface area contributed by atoms with Crippen molar-refractivity contribution >= 4 is 29.0 Å². The van der Waals surface area contributed by atoms with Crippen LogP contribution in [0.4, 0.5) is 11.5 Å². The number of anilines is 2. The van der Waals surface area contributed by atoms with Crippen LogP contribution in [0.2, 0.25) is 5.02 Å². The third-order valence-corrected chi connectivity index (χ3v) is 6.09. The standard InChI is InChI=1S/C21H28ClN5O/c1-16-6-7-17(22)14-19(16)26-12-10-25(11-13-26)15-21(28)24-20-8-9-23-27(20)18-4-2-3-5-18/h6-9,14,18H,2-5,10-13,15H2,1H3,(H,24,28). The first kappa shape index (κ1) is 19.3. The largest absolute Gasteiger partial charge is 0.369 e. The Balaban J connectivity index is 1.30. The molecule has 1 N–H and O–H groups in total. The highest BCUT2D eigenvalue weighted by atomic mass is 35.5. The second-order valence-electron chi connectivity index (χ2n) is 7.84. The average molecular weight is 402 g/mol. The van der Waals surface area contributed by atoms with Crippen LogP contribution in [0.25, 0.3) is 0 Å². The molecule has 0 radical (unpaired) electrons. The summed E-state index contributed by atoms with van der Waals surface area (Å²) in [6.45, 7) is 6.04.